The van der Waals surface area contributed by atoms with Crippen LogP contribution >= 0.6 is 11.3 Å². The number of rotatable bonds is 7. The lowest BCUT2D eigenvalue weighted by molar-refractivity contribution is -0.119. The summed E-state index contributed by atoms with van der Waals surface area (Å²) in [5.74, 6) is -1.39. The van der Waals surface area contributed by atoms with Crippen LogP contribution in [-0.2, 0) is 14.3 Å². The van der Waals surface area contributed by atoms with Gasteiger partial charge in [-0.15, -0.1) is 11.3 Å². The first-order valence-corrected chi connectivity index (χ1v) is 8.79. The van der Waals surface area contributed by atoms with Crippen LogP contribution in [0.5, 0.6) is 0 Å². The molecule has 1 N–H and O–H groups in total. The number of carbonyl (C=O) groups is 3. The van der Waals surface area contributed by atoms with Gasteiger partial charge in [0.1, 0.15) is 22.6 Å². The Morgan fingerprint density at radius 1 is 1.15 bits per heavy atom. The molecule has 27 heavy (non-hydrogen) atoms. The van der Waals surface area contributed by atoms with E-state index in [0.717, 1.165) is 11.3 Å². The van der Waals surface area contributed by atoms with Gasteiger partial charge in [-0.25, -0.2) is 9.59 Å². The van der Waals surface area contributed by atoms with Crippen LogP contribution < -0.4 is 5.32 Å². The fourth-order valence-corrected chi connectivity index (χ4v) is 3.18. The van der Waals surface area contributed by atoms with E-state index in [1.807, 2.05) is 0 Å². The molecule has 3 aromatic rings. The predicted octanol–water partition coefficient (Wildman–Crippen LogP) is 3.57. The van der Waals surface area contributed by atoms with Gasteiger partial charge in [-0.1, -0.05) is 0 Å². The maximum absolute atomic E-state index is 12.3. The van der Waals surface area contributed by atoms with E-state index in [2.05, 4.69) is 5.32 Å². The third-order valence-corrected chi connectivity index (χ3v) is 4.30. The minimum Gasteiger partial charge on any atom is -0.472 e. The number of ether oxygens (including phenoxy) is 2. The van der Waals surface area contributed by atoms with Crippen molar-refractivity contribution in [1.29, 1.82) is 0 Å². The van der Waals surface area contributed by atoms with Crippen molar-refractivity contribution in [2.24, 2.45) is 0 Å². The zero-order chi connectivity index (χ0) is 19.2. The Bertz CT molecular complexity index is 925. The molecule has 0 atom stereocenters. The number of carbonyl (C=O) groups excluding carboxylic acids is 3. The topological polar surface area (TPSA) is 108 Å². The number of hydrogen-bond acceptors (Lipinski definition) is 8. The molecule has 0 radical (unpaired) electrons. The van der Waals surface area contributed by atoms with Gasteiger partial charge in [-0.2, -0.15) is 0 Å². The van der Waals surface area contributed by atoms with Gasteiger partial charge in [-0.3, -0.25) is 4.79 Å². The molecule has 0 saturated heterocycles. The number of esters is 2. The molecule has 3 rings (SSSR count). The lowest BCUT2D eigenvalue weighted by atomic mass is 10.1. The first kappa shape index (κ1) is 18.5. The van der Waals surface area contributed by atoms with Crippen molar-refractivity contribution in [2.45, 2.75) is 6.92 Å². The van der Waals surface area contributed by atoms with Crippen LogP contribution in [0.1, 0.15) is 27.6 Å². The van der Waals surface area contributed by atoms with Gasteiger partial charge in [0.15, 0.2) is 6.61 Å². The lowest BCUT2D eigenvalue weighted by Crippen LogP contribution is -2.21. The molecule has 0 aliphatic carbocycles. The zero-order valence-electron chi connectivity index (χ0n) is 14.2. The number of amides is 1. The van der Waals surface area contributed by atoms with Gasteiger partial charge < -0.3 is 23.6 Å². The Kier molecular flexibility index (Phi) is 5.72. The lowest BCUT2D eigenvalue weighted by Gasteiger charge is -2.08. The number of thiophene rings is 1. The highest BCUT2D eigenvalue weighted by Crippen LogP contribution is 2.36. The Balaban J connectivity index is 1.73. The predicted molar refractivity (Wildman–Crippen MR) is 95.6 cm³/mol. The van der Waals surface area contributed by atoms with Gasteiger partial charge in [0.25, 0.3) is 5.91 Å². The Morgan fingerprint density at radius 3 is 2.67 bits per heavy atom. The number of hydrogen-bond donors (Lipinski definition) is 1. The average molecular weight is 389 g/mol. The first-order chi connectivity index (χ1) is 13.1. The number of nitrogens with one attached hydrogen (secondary N) is 1. The van der Waals surface area contributed by atoms with Gasteiger partial charge in [-0.05, 0) is 25.1 Å². The van der Waals surface area contributed by atoms with Crippen LogP contribution in [-0.4, -0.2) is 31.1 Å². The smallest absolute Gasteiger partial charge is 0.341 e. The largest absolute Gasteiger partial charge is 0.472 e. The Hall–Kier alpha value is -3.33. The molecular formula is C18H15NO7S. The normalized spacial score (nSPS) is 10.4. The highest BCUT2D eigenvalue weighted by atomic mass is 32.1. The summed E-state index contributed by atoms with van der Waals surface area (Å²) < 4.78 is 20.1. The zero-order valence-corrected chi connectivity index (χ0v) is 15.0. The summed E-state index contributed by atoms with van der Waals surface area (Å²) in [7, 11) is 0. The van der Waals surface area contributed by atoms with Crippen molar-refractivity contribution in [3.63, 3.8) is 0 Å². The quantitative estimate of drug-likeness (QED) is 0.615. The molecule has 140 valence electrons. The summed E-state index contributed by atoms with van der Waals surface area (Å²) in [4.78, 5) is 36.2. The highest BCUT2D eigenvalue weighted by Gasteiger charge is 2.24. The third-order valence-electron chi connectivity index (χ3n) is 3.40. The van der Waals surface area contributed by atoms with E-state index in [1.165, 1.54) is 24.9 Å². The van der Waals surface area contributed by atoms with Crippen LogP contribution in [0.3, 0.4) is 0 Å². The molecule has 0 unspecified atom stereocenters. The van der Waals surface area contributed by atoms with E-state index in [0.29, 0.717) is 11.3 Å². The van der Waals surface area contributed by atoms with E-state index in [-0.39, 0.29) is 22.7 Å². The number of anilines is 1. The maximum Gasteiger partial charge on any atom is 0.341 e. The molecule has 9 heteroatoms. The van der Waals surface area contributed by atoms with Gasteiger partial charge in [0, 0.05) is 10.9 Å². The van der Waals surface area contributed by atoms with Crippen molar-refractivity contribution < 1.29 is 32.7 Å². The molecule has 0 spiro atoms. The molecule has 3 heterocycles. The molecule has 0 fully saturated rings. The molecule has 8 nitrogen and oxygen atoms in total. The van der Waals surface area contributed by atoms with Crippen LogP contribution in [0.15, 0.2) is 51.2 Å². The minimum atomic E-state index is -0.688. The van der Waals surface area contributed by atoms with Gasteiger partial charge >= 0.3 is 11.9 Å². The first-order valence-electron chi connectivity index (χ1n) is 7.91. The van der Waals surface area contributed by atoms with E-state index in [9.17, 15) is 14.4 Å². The Morgan fingerprint density at radius 2 is 2.00 bits per heavy atom. The third kappa shape index (κ3) is 4.26. The van der Waals surface area contributed by atoms with E-state index in [4.69, 9.17) is 18.3 Å². The molecule has 0 saturated carbocycles. The molecule has 0 aliphatic rings. The van der Waals surface area contributed by atoms with Crippen LogP contribution in [0.25, 0.3) is 11.3 Å². The fourth-order valence-electron chi connectivity index (χ4n) is 2.23. The van der Waals surface area contributed by atoms with Gasteiger partial charge in [0.05, 0.1) is 24.7 Å². The van der Waals surface area contributed by atoms with Crippen molar-refractivity contribution in [3.05, 3.63) is 53.5 Å². The molecule has 1 amide bonds. The van der Waals surface area contributed by atoms with Crippen molar-refractivity contribution >= 4 is 34.2 Å². The van der Waals surface area contributed by atoms with E-state index in [1.54, 1.807) is 24.4 Å². The summed E-state index contributed by atoms with van der Waals surface area (Å²) in [5.41, 5.74) is 0.895. The van der Waals surface area contributed by atoms with E-state index >= 15 is 0 Å². The minimum absolute atomic E-state index is 0.183. The summed E-state index contributed by atoms with van der Waals surface area (Å²) in [5, 5.41) is 4.53. The van der Waals surface area contributed by atoms with Crippen LogP contribution in [0, 0.1) is 0 Å². The van der Waals surface area contributed by atoms with Crippen LogP contribution in [0.2, 0.25) is 0 Å². The summed E-state index contributed by atoms with van der Waals surface area (Å²) >= 11 is 1.14. The molecular weight excluding hydrogens is 374 g/mol. The molecule has 0 aromatic carbocycles. The highest BCUT2D eigenvalue weighted by molar-refractivity contribution is 7.15. The monoisotopic (exact) mass is 389 g/mol. The SMILES string of the molecule is CCOC(=O)c1c(-c2ccco2)csc1NC(=O)COC(=O)c1ccoc1. The van der Waals surface area contributed by atoms with Crippen molar-refractivity contribution in [2.75, 3.05) is 18.5 Å². The fraction of sp³-hybridized carbons (Fsp3) is 0.167. The number of furan rings is 2. The molecule has 3 aromatic heterocycles. The summed E-state index contributed by atoms with van der Waals surface area (Å²) in [6.45, 7) is 1.35. The van der Waals surface area contributed by atoms with Crippen LogP contribution in [0.4, 0.5) is 5.00 Å². The summed E-state index contributed by atoms with van der Waals surface area (Å²) in [6, 6.07) is 4.81. The molecule has 0 bridgehead atoms. The van der Waals surface area contributed by atoms with E-state index < -0.39 is 24.5 Å². The standard InChI is InChI=1S/C18H15NO7S/c1-2-24-18(22)15-12(13-4-3-6-25-13)10-27-16(15)19-14(20)9-26-17(21)11-5-7-23-8-11/h3-8,10H,2,9H2,1H3,(H,19,20). The maximum atomic E-state index is 12.3. The Labute approximate surface area is 157 Å². The second kappa shape index (κ2) is 8.37. The second-order valence-electron chi connectivity index (χ2n) is 5.19. The van der Waals surface area contributed by atoms with Crippen molar-refractivity contribution in [3.8, 4) is 11.3 Å². The average Bonchev–Trinajstić information content (AvgIpc) is 3.40. The summed E-state index contributed by atoms with van der Waals surface area (Å²) in [6.07, 6.45) is 4.02. The second-order valence-corrected chi connectivity index (χ2v) is 6.07. The van der Waals surface area contributed by atoms with Gasteiger partial charge in [0.2, 0.25) is 0 Å². The van der Waals surface area contributed by atoms with Crippen molar-refractivity contribution in [1.82, 2.24) is 0 Å². The molecule has 0 aliphatic heterocycles.